The first-order chi connectivity index (χ1) is 17.1. The highest BCUT2D eigenvalue weighted by Crippen LogP contribution is 2.33. The van der Waals surface area contributed by atoms with Gasteiger partial charge in [0.2, 0.25) is 12.7 Å². The maximum Gasteiger partial charge on any atom is 0.233 e. The summed E-state index contributed by atoms with van der Waals surface area (Å²) < 4.78 is 27.1. The molecule has 1 amide bonds. The van der Waals surface area contributed by atoms with E-state index >= 15 is 0 Å². The Bertz CT molecular complexity index is 1350. The van der Waals surface area contributed by atoms with Crippen molar-refractivity contribution in [3.05, 3.63) is 89.7 Å². The van der Waals surface area contributed by atoms with E-state index in [0.29, 0.717) is 41.1 Å². The molecule has 1 unspecified atom stereocenters. The number of carbonyl (C=O) groups excluding carboxylic acids is 1. The largest absolute Gasteiger partial charge is 0.454 e. The fourth-order valence-electron chi connectivity index (χ4n) is 3.72. The number of halogens is 1. The maximum absolute atomic E-state index is 14.6. The molecule has 1 aliphatic rings. The number of hydrogen-bond acceptors (Lipinski definition) is 6. The number of thioether (sulfide) groups is 1. The molecule has 9 heteroatoms. The zero-order valence-electron chi connectivity index (χ0n) is 19.0. The van der Waals surface area contributed by atoms with Gasteiger partial charge in [0.15, 0.2) is 22.5 Å². The lowest BCUT2D eigenvalue weighted by Gasteiger charge is -2.14. The monoisotopic (exact) mass is 490 g/mol. The summed E-state index contributed by atoms with van der Waals surface area (Å²) in [7, 11) is 0. The predicted molar refractivity (Wildman–Crippen MR) is 131 cm³/mol. The second-order valence-corrected chi connectivity index (χ2v) is 9.33. The number of benzene rings is 3. The van der Waals surface area contributed by atoms with Gasteiger partial charge in [0, 0.05) is 6.54 Å². The topological polar surface area (TPSA) is 78.3 Å². The van der Waals surface area contributed by atoms with Crippen LogP contribution in [0.2, 0.25) is 0 Å². The standard InChI is InChI=1S/C26H23FN4O3S/c1-17(25(32)28-14-19-11-12-22-23(13-19)34-16-33-22)35-26-30-29-24(20-9-5-6-10-21(20)27)31(26)15-18-7-3-2-4-8-18/h2-13,17H,14-16H2,1H3,(H,28,32). The Hall–Kier alpha value is -3.85. The minimum Gasteiger partial charge on any atom is -0.454 e. The molecule has 2 heterocycles. The Kier molecular flexibility index (Phi) is 6.67. The molecular formula is C26H23FN4O3S. The van der Waals surface area contributed by atoms with Crippen LogP contribution < -0.4 is 14.8 Å². The second-order valence-electron chi connectivity index (χ2n) is 8.02. The van der Waals surface area contributed by atoms with Gasteiger partial charge in [-0.15, -0.1) is 10.2 Å². The van der Waals surface area contributed by atoms with Crippen molar-refractivity contribution in [2.24, 2.45) is 0 Å². The Morgan fingerprint density at radius 1 is 1.03 bits per heavy atom. The Labute approximate surface area is 206 Å². The molecule has 0 spiro atoms. The quantitative estimate of drug-likeness (QED) is 0.362. The number of aromatic nitrogens is 3. The number of nitrogens with one attached hydrogen (secondary N) is 1. The van der Waals surface area contributed by atoms with Crippen LogP contribution in [0.15, 0.2) is 78.0 Å². The van der Waals surface area contributed by atoms with Crippen molar-refractivity contribution < 1.29 is 18.7 Å². The van der Waals surface area contributed by atoms with Crippen LogP contribution in [-0.4, -0.2) is 32.7 Å². The van der Waals surface area contributed by atoms with Crippen LogP contribution in [0.3, 0.4) is 0 Å². The van der Waals surface area contributed by atoms with Crippen molar-refractivity contribution in [2.75, 3.05) is 6.79 Å². The molecule has 0 fully saturated rings. The summed E-state index contributed by atoms with van der Waals surface area (Å²) in [5.74, 6) is 1.28. The lowest BCUT2D eigenvalue weighted by molar-refractivity contribution is -0.120. The van der Waals surface area contributed by atoms with Crippen LogP contribution >= 0.6 is 11.8 Å². The lowest BCUT2D eigenvalue weighted by atomic mass is 10.2. The molecule has 5 rings (SSSR count). The summed E-state index contributed by atoms with van der Waals surface area (Å²) in [5.41, 5.74) is 2.29. The van der Waals surface area contributed by atoms with Crippen LogP contribution in [0.5, 0.6) is 11.5 Å². The molecule has 1 aromatic heterocycles. The Morgan fingerprint density at radius 2 is 1.80 bits per heavy atom. The van der Waals surface area contributed by atoms with Crippen LogP contribution in [-0.2, 0) is 17.9 Å². The first-order valence-electron chi connectivity index (χ1n) is 11.1. The maximum atomic E-state index is 14.6. The summed E-state index contributed by atoms with van der Waals surface area (Å²) in [6, 6.07) is 21.9. The van der Waals surface area contributed by atoms with E-state index in [1.54, 1.807) is 18.2 Å². The average Bonchev–Trinajstić information content (AvgIpc) is 3.50. The predicted octanol–water partition coefficient (Wildman–Crippen LogP) is 4.66. The first kappa shape index (κ1) is 22.9. The van der Waals surface area contributed by atoms with E-state index in [4.69, 9.17) is 9.47 Å². The van der Waals surface area contributed by atoms with Gasteiger partial charge < -0.3 is 14.8 Å². The molecule has 4 aromatic rings. The van der Waals surface area contributed by atoms with Crippen LogP contribution in [0.4, 0.5) is 4.39 Å². The Morgan fingerprint density at radius 3 is 2.63 bits per heavy atom. The van der Waals surface area contributed by atoms with E-state index < -0.39 is 5.25 Å². The average molecular weight is 491 g/mol. The molecule has 35 heavy (non-hydrogen) atoms. The molecular weight excluding hydrogens is 467 g/mol. The van der Waals surface area contributed by atoms with Gasteiger partial charge >= 0.3 is 0 Å². The van der Waals surface area contributed by atoms with Gasteiger partial charge in [-0.25, -0.2) is 4.39 Å². The molecule has 0 saturated heterocycles. The number of ether oxygens (including phenoxy) is 2. The molecule has 1 aliphatic heterocycles. The highest BCUT2D eigenvalue weighted by Gasteiger charge is 2.22. The molecule has 7 nitrogen and oxygen atoms in total. The fraction of sp³-hybridized carbons (Fsp3) is 0.192. The van der Waals surface area contributed by atoms with E-state index in [9.17, 15) is 9.18 Å². The zero-order valence-corrected chi connectivity index (χ0v) is 19.8. The minimum absolute atomic E-state index is 0.144. The van der Waals surface area contributed by atoms with Crippen LogP contribution in [0.1, 0.15) is 18.1 Å². The zero-order chi connectivity index (χ0) is 24.2. The molecule has 0 saturated carbocycles. The third-order valence-electron chi connectivity index (χ3n) is 5.57. The van der Waals surface area contributed by atoms with Crippen molar-refractivity contribution in [1.82, 2.24) is 20.1 Å². The van der Waals surface area contributed by atoms with E-state index in [0.717, 1.165) is 11.1 Å². The number of hydrogen-bond donors (Lipinski definition) is 1. The third kappa shape index (κ3) is 5.14. The van der Waals surface area contributed by atoms with Crippen molar-refractivity contribution >= 4 is 17.7 Å². The summed E-state index contributed by atoms with van der Waals surface area (Å²) in [5, 5.41) is 11.6. The highest BCUT2D eigenvalue weighted by atomic mass is 32.2. The molecule has 3 aromatic carbocycles. The van der Waals surface area contributed by atoms with Crippen molar-refractivity contribution in [3.8, 4) is 22.9 Å². The summed E-state index contributed by atoms with van der Waals surface area (Å²) in [6.45, 7) is 2.82. The van der Waals surface area contributed by atoms with E-state index in [1.165, 1.54) is 17.8 Å². The minimum atomic E-state index is -0.448. The van der Waals surface area contributed by atoms with Gasteiger partial charge in [0.05, 0.1) is 17.4 Å². The molecule has 0 radical (unpaired) electrons. The molecule has 178 valence electrons. The summed E-state index contributed by atoms with van der Waals surface area (Å²) in [4.78, 5) is 12.8. The van der Waals surface area contributed by atoms with Gasteiger partial charge in [-0.05, 0) is 42.3 Å². The van der Waals surface area contributed by atoms with Gasteiger partial charge in [-0.2, -0.15) is 0 Å². The van der Waals surface area contributed by atoms with Crippen LogP contribution in [0.25, 0.3) is 11.4 Å². The number of nitrogens with zero attached hydrogens (tertiary/aromatic N) is 3. The van der Waals surface area contributed by atoms with E-state index in [1.807, 2.05) is 60.0 Å². The first-order valence-corrected chi connectivity index (χ1v) is 12.0. The molecule has 1 atom stereocenters. The van der Waals surface area contributed by atoms with Gasteiger partial charge in [0.1, 0.15) is 5.82 Å². The smallest absolute Gasteiger partial charge is 0.233 e. The number of fused-ring (bicyclic) bond motifs is 1. The second kappa shape index (κ2) is 10.2. The van der Waals surface area contributed by atoms with Gasteiger partial charge in [-0.3, -0.25) is 9.36 Å². The molecule has 1 N–H and O–H groups in total. The fourth-order valence-corrected chi connectivity index (χ4v) is 4.59. The summed E-state index contributed by atoms with van der Waals surface area (Å²) in [6.07, 6.45) is 0. The normalized spacial score (nSPS) is 13.0. The number of amides is 1. The summed E-state index contributed by atoms with van der Waals surface area (Å²) >= 11 is 1.28. The third-order valence-corrected chi connectivity index (χ3v) is 6.65. The SMILES string of the molecule is CC(Sc1nnc(-c2ccccc2F)n1Cc1ccccc1)C(=O)NCc1ccc2c(c1)OCO2. The van der Waals surface area contributed by atoms with Crippen LogP contribution in [0, 0.1) is 5.82 Å². The van der Waals surface area contributed by atoms with Crippen molar-refractivity contribution in [2.45, 2.75) is 30.4 Å². The van der Waals surface area contributed by atoms with Crippen molar-refractivity contribution in [1.29, 1.82) is 0 Å². The van der Waals surface area contributed by atoms with Gasteiger partial charge in [0.25, 0.3) is 0 Å². The van der Waals surface area contributed by atoms with Crippen molar-refractivity contribution in [3.63, 3.8) is 0 Å². The number of rotatable bonds is 8. The van der Waals surface area contributed by atoms with E-state index in [2.05, 4.69) is 15.5 Å². The van der Waals surface area contributed by atoms with E-state index in [-0.39, 0.29) is 18.5 Å². The molecule has 0 aliphatic carbocycles. The number of carbonyl (C=O) groups is 1. The molecule has 0 bridgehead atoms. The highest BCUT2D eigenvalue weighted by molar-refractivity contribution is 8.00. The lowest BCUT2D eigenvalue weighted by Crippen LogP contribution is -2.30. The Balaban J connectivity index is 1.33. The van der Waals surface area contributed by atoms with Gasteiger partial charge in [-0.1, -0.05) is 60.3 Å².